The third kappa shape index (κ3) is 2.53. The predicted molar refractivity (Wildman–Crippen MR) is 77.7 cm³/mol. The van der Waals surface area contributed by atoms with Gasteiger partial charge in [-0.25, -0.2) is 0 Å². The predicted octanol–water partition coefficient (Wildman–Crippen LogP) is 4.15. The van der Waals surface area contributed by atoms with Gasteiger partial charge in [0, 0.05) is 3.57 Å². The van der Waals surface area contributed by atoms with Crippen LogP contribution < -0.4 is 0 Å². The summed E-state index contributed by atoms with van der Waals surface area (Å²) in [6.45, 7) is 0. The van der Waals surface area contributed by atoms with Gasteiger partial charge < -0.3 is 5.11 Å². The number of rotatable bonds is 3. The molecular formula is C15H19IO. The molecule has 0 saturated heterocycles. The fourth-order valence-electron chi connectivity index (χ4n) is 3.80. The lowest BCUT2D eigenvalue weighted by Crippen LogP contribution is -2.14. The topological polar surface area (TPSA) is 20.2 Å². The van der Waals surface area contributed by atoms with Crippen molar-refractivity contribution in [2.75, 3.05) is 0 Å². The van der Waals surface area contributed by atoms with E-state index in [4.69, 9.17) is 0 Å². The first kappa shape index (κ1) is 12.0. The number of aliphatic hydroxyl groups is 1. The van der Waals surface area contributed by atoms with Gasteiger partial charge in [0.2, 0.25) is 0 Å². The Kier molecular flexibility index (Phi) is 3.44. The van der Waals surface area contributed by atoms with Crippen LogP contribution in [0, 0.1) is 21.3 Å². The summed E-state index contributed by atoms with van der Waals surface area (Å²) in [6, 6.07) is 8.29. The molecular weight excluding hydrogens is 323 g/mol. The van der Waals surface area contributed by atoms with E-state index in [1.165, 1.54) is 29.3 Å². The smallest absolute Gasteiger partial charge is 0.0793 e. The highest BCUT2D eigenvalue weighted by molar-refractivity contribution is 14.1. The van der Waals surface area contributed by atoms with Crippen molar-refractivity contribution in [1.29, 1.82) is 0 Å². The summed E-state index contributed by atoms with van der Waals surface area (Å²) in [5.74, 6) is 2.67. The lowest BCUT2D eigenvalue weighted by molar-refractivity contribution is 0.125. The van der Waals surface area contributed by atoms with Gasteiger partial charge in [-0.1, -0.05) is 18.6 Å². The number of fused-ring (bicyclic) bond motifs is 2. The van der Waals surface area contributed by atoms with Crippen LogP contribution in [0.2, 0.25) is 0 Å². The molecule has 1 aromatic carbocycles. The Morgan fingerprint density at radius 2 is 2.18 bits per heavy atom. The van der Waals surface area contributed by atoms with Crippen LogP contribution in [0.1, 0.15) is 43.8 Å². The fourth-order valence-corrected chi connectivity index (χ4v) is 4.37. The van der Waals surface area contributed by atoms with Crippen molar-refractivity contribution in [3.63, 3.8) is 0 Å². The van der Waals surface area contributed by atoms with E-state index >= 15 is 0 Å². The molecule has 0 spiro atoms. The SMILES string of the molecule is OC(CC1CC2CCC1C2)c1cccc(I)c1. The van der Waals surface area contributed by atoms with Crippen molar-refractivity contribution in [2.45, 2.75) is 38.2 Å². The molecule has 1 nitrogen and oxygen atoms in total. The summed E-state index contributed by atoms with van der Waals surface area (Å²) in [4.78, 5) is 0. The van der Waals surface area contributed by atoms with Gasteiger partial charge in [-0.2, -0.15) is 0 Å². The van der Waals surface area contributed by atoms with Gasteiger partial charge in [0.1, 0.15) is 0 Å². The molecule has 2 heteroatoms. The van der Waals surface area contributed by atoms with Gasteiger partial charge >= 0.3 is 0 Å². The number of halogens is 1. The minimum absolute atomic E-state index is 0.255. The third-order valence-electron chi connectivity index (χ3n) is 4.64. The van der Waals surface area contributed by atoms with Gasteiger partial charge in [-0.05, 0) is 83.7 Å². The second-order valence-electron chi connectivity index (χ2n) is 5.74. The lowest BCUT2D eigenvalue weighted by atomic mass is 9.83. The zero-order valence-electron chi connectivity index (χ0n) is 9.98. The van der Waals surface area contributed by atoms with Crippen molar-refractivity contribution in [2.24, 2.45) is 17.8 Å². The van der Waals surface area contributed by atoms with Crippen molar-refractivity contribution in [3.8, 4) is 0 Å². The Labute approximate surface area is 117 Å². The molecule has 2 saturated carbocycles. The van der Waals surface area contributed by atoms with Crippen molar-refractivity contribution in [1.82, 2.24) is 0 Å². The molecule has 1 aromatic rings. The highest BCUT2D eigenvalue weighted by atomic mass is 127. The molecule has 0 aromatic heterocycles. The summed E-state index contributed by atoms with van der Waals surface area (Å²) in [5, 5.41) is 10.3. The molecule has 2 fully saturated rings. The summed E-state index contributed by atoms with van der Waals surface area (Å²) >= 11 is 2.31. The zero-order chi connectivity index (χ0) is 11.8. The lowest BCUT2D eigenvalue weighted by Gasteiger charge is -2.24. The van der Waals surface area contributed by atoms with Gasteiger partial charge in [0.25, 0.3) is 0 Å². The molecule has 0 aliphatic heterocycles. The molecule has 2 bridgehead atoms. The quantitative estimate of drug-likeness (QED) is 0.818. The molecule has 92 valence electrons. The number of aliphatic hydroxyl groups excluding tert-OH is 1. The molecule has 17 heavy (non-hydrogen) atoms. The molecule has 3 rings (SSSR count). The Balaban J connectivity index is 1.65. The highest BCUT2D eigenvalue weighted by Crippen LogP contribution is 2.50. The van der Waals surface area contributed by atoms with E-state index in [0.29, 0.717) is 0 Å². The standard InChI is InChI=1S/C15H19IO/c16-14-3-1-2-12(8-14)15(17)9-13-7-10-4-5-11(13)6-10/h1-3,8,10-11,13,15,17H,4-7,9H2. The molecule has 0 heterocycles. The molecule has 0 radical (unpaired) electrons. The maximum Gasteiger partial charge on any atom is 0.0793 e. The first-order valence-electron chi connectivity index (χ1n) is 6.66. The summed E-state index contributed by atoms with van der Waals surface area (Å²) in [5.41, 5.74) is 1.10. The molecule has 1 N–H and O–H groups in total. The van der Waals surface area contributed by atoms with E-state index in [-0.39, 0.29) is 6.10 Å². The Bertz CT molecular complexity index is 404. The largest absolute Gasteiger partial charge is 0.388 e. The molecule has 4 unspecified atom stereocenters. The van der Waals surface area contributed by atoms with Crippen molar-refractivity contribution >= 4 is 22.6 Å². The molecule has 4 atom stereocenters. The number of benzene rings is 1. The van der Waals surface area contributed by atoms with E-state index < -0.39 is 0 Å². The average Bonchev–Trinajstić information content (AvgIpc) is 2.91. The van der Waals surface area contributed by atoms with Crippen LogP contribution in [0.3, 0.4) is 0 Å². The molecule has 2 aliphatic rings. The Hall–Kier alpha value is -0.0900. The maximum atomic E-state index is 10.3. The Morgan fingerprint density at radius 1 is 1.29 bits per heavy atom. The van der Waals surface area contributed by atoms with Gasteiger partial charge in [0.05, 0.1) is 6.10 Å². The first-order chi connectivity index (χ1) is 8.22. The molecule has 0 amide bonds. The van der Waals surface area contributed by atoms with Gasteiger partial charge in [-0.15, -0.1) is 0 Å². The number of hydrogen-bond donors (Lipinski definition) is 1. The van der Waals surface area contributed by atoms with E-state index in [1.807, 2.05) is 6.07 Å². The number of hydrogen-bond acceptors (Lipinski definition) is 1. The van der Waals surface area contributed by atoms with E-state index in [0.717, 1.165) is 29.7 Å². The first-order valence-corrected chi connectivity index (χ1v) is 7.74. The second-order valence-corrected chi connectivity index (χ2v) is 6.99. The monoisotopic (exact) mass is 342 g/mol. The van der Waals surface area contributed by atoms with Crippen LogP contribution in [-0.2, 0) is 0 Å². The summed E-state index contributed by atoms with van der Waals surface area (Å²) in [7, 11) is 0. The summed E-state index contributed by atoms with van der Waals surface area (Å²) < 4.78 is 1.21. The van der Waals surface area contributed by atoms with Gasteiger partial charge in [0.15, 0.2) is 0 Å². The van der Waals surface area contributed by atoms with E-state index in [9.17, 15) is 5.11 Å². The maximum absolute atomic E-state index is 10.3. The van der Waals surface area contributed by atoms with E-state index in [1.54, 1.807) is 0 Å². The third-order valence-corrected chi connectivity index (χ3v) is 5.31. The van der Waals surface area contributed by atoms with Gasteiger partial charge in [-0.3, -0.25) is 0 Å². The zero-order valence-corrected chi connectivity index (χ0v) is 12.1. The summed E-state index contributed by atoms with van der Waals surface area (Å²) in [6.07, 6.45) is 6.37. The fraction of sp³-hybridized carbons (Fsp3) is 0.600. The normalized spacial score (nSPS) is 32.9. The van der Waals surface area contributed by atoms with Crippen molar-refractivity contribution in [3.05, 3.63) is 33.4 Å². The van der Waals surface area contributed by atoms with Crippen LogP contribution in [0.5, 0.6) is 0 Å². The van der Waals surface area contributed by atoms with Crippen LogP contribution >= 0.6 is 22.6 Å². The Morgan fingerprint density at radius 3 is 2.82 bits per heavy atom. The van der Waals surface area contributed by atoms with E-state index in [2.05, 4.69) is 40.8 Å². The minimum Gasteiger partial charge on any atom is -0.388 e. The van der Waals surface area contributed by atoms with Crippen LogP contribution in [0.15, 0.2) is 24.3 Å². The molecule has 2 aliphatic carbocycles. The minimum atomic E-state index is -0.255. The second kappa shape index (κ2) is 4.88. The highest BCUT2D eigenvalue weighted by Gasteiger charge is 2.40. The van der Waals surface area contributed by atoms with Crippen LogP contribution in [0.4, 0.5) is 0 Å². The van der Waals surface area contributed by atoms with Crippen LogP contribution in [0.25, 0.3) is 0 Å². The van der Waals surface area contributed by atoms with Crippen LogP contribution in [-0.4, -0.2) is 5.11 Å². The average molecular weight is 342 g/mol. The van der Waals surface area contributed by atoms with Crippen molar-refractivity contribution < 1.29 is 5.11 Å².